The maximum atomic E-state index is 12.2. The Morgan fingerprint density at radius 1 is 1.29 bits per heavy atom. The third-order valence-electron chi connectivity index (χ3n) is 3.16. The Morgan fingerprint density at radius 3 is 2.48 bits per heavy atom. The molecule has 1 aromatic rings. The van der Waals surface area contributed by atoms with Crippen molar-refractivity contribution >= 4 is 5.91 Å². The number of carbonyl (C=O) groups excluding carboxylic acids is 1. The van der Waals surface area contributed by atoms with Crippen molar-refractivity contribution in [1.82, 2.24) is 14.8 Å². The minimum Gasteiger partial charge on any atom is -0.468 e. The number of hydrogen-bond acceptors (Lipinski definition) is 4. The van der Waals surface area contributed by atoms with Gasteiger partial charge in [0.1, 0.15) is 0 Å². The smallest absolute Gasteiger partial charge is 0.422 e. The van der Waals surface area contributed by atoms with Crippen LogP contribution in [-0.4, -0.2) is 66.7 Å². The third kappa shape index (κ3) is 4.59. The Bertz CT molecular complexity index is 482. The van der Waals surface area contributed by atoms with Crippen molar-refractivity contribution in [2.45, 2.75) is 6.18 Å². The summed E-state index contributed by atoms with van der Waals surface area (Å²) in [6, 6.07) is 2.70. The van der Waals surface area contributed by atoms with Gasteiger partial charge in [-0.2, -0.15) is 13.2 Å². The Hall–Kier alpha value is -1.83. The molecule has 2 heterocycles. The minimum atomic E-state index is -4.41. The van der Waals surface area contributed by atoms with Gasteiger partial charge in [0.25, 0.3) is 5.91 Å². The molecule has 0 unspecified atom stereocenters. The summed E-state index contributed by atoms with van der Waals surface area (Å²) < 4.78 is 40.5. The van der Waals surface area contributed by atoms with E-state index in [0.29, 0.717) is 18.7 Å². The SMILES string of the molecule is CN1CCN(C(=O)c2ccc(OCC(F)(F)F)nc2)CC1. The van der Waals surface area contributed by atoms with Gasteiger partial charge >= 0.3 is 6.18 Å². The van der Waals surface area contributed by atoms with Crippen LogP contribution in [0.25, 0.3) is 0 Å². The molecule has 1 saturated heterocycles. The van der Waals surface area contributed by atoms with Crippen molar-refractivity contribution in [2.24, 2.45) is 0 Å². The highest BCUT2D eigenvalue weighted by atomic mass is 19.4. The van der Waals surface area contributed by atoms with Gasteiger partial charge < -0.3 is 14.5 Å². The molecule has 1 aromatic heterocycles. The molecule has 0 bridgehead atoms. The zero-order valence-corrected chi connectivity index (χ0v) is 11.6. The zero-order chi connectivity index (χ0) is 15.5. The lowest BCUT2D eigenvalue weighted by Gasteiger charge is -2.32. The molecule has 1 amide bonds. The van der Waals surface area contributed by atoms with E-state index in [0.717, 1.165) is 13.1 Å². The highest BCUT2D eigenvalue weighted by Crippen LogP contribution is 2.17. The van der Waals surface area contributed by atoms with E-state index in [1.807, 2.05) is 7.05 Å². The molecule has 21 heavy (non-hydrogen) atoms. The van der Waals surface area contributed by atoms with E-state index in [-0.39, 0.29) is 11.8 Å². The number of likely N-dealkylation sites (N-methyl/N-ethyl adjacent to an activating group) is 1. The fourth-order valence-electron chi connectivity index (χ4n) is 1.94. The van der Waals surface area contributed by atoms with E-state index >= 15 is 0 Å². The van der Waals surface area contributed by atoms with Crippen molar-refractivity contribution < 1.29 is 22.7 Å². The van der Waals surface area contributed by atoms with Crippen LogP contribution in [0.4, 0.5) is 13.2 Å². The lowest BCUT2D eigenvalue weighted by atomic mass is 10.2. The zero-order valence-electron chi connectivity index (χ0n) is 11.6. The number of rotatable bonds is 3. The monoisotopic (exact) mass is 303 g/mol. The highest BCUT2D eigenvalue weighted by molar-refractivity contribution is 5.94. The number of halogens is 3. The molecule has 0 aliphatic carbocycles. The fraction of sp³-hybridized carbons (Fsp3) is 0.538. The summed E-state index contributed by atoms with van der Waals surface area (Å²) in [6.07, 6.45) is -3.16. The van der Waals surface area contributed by atoms with Crippen LogP contribution in [0.2, 0.25) is 0 Å². The summed E-state index contributed by atoms with van der Waals surface area (Å²) in [7, 11) is 1.98. The molecule has 8 heteroatoms. The fourth-order valence-corrected chi connectivity index (χ4v) is 1.94. The van der Waals surface area contributed by atoms with Crippen LogP contribution >= 0.6 is 0 Å². The number of aromatic nitrogens is 1. The number of piperazine rings is 1. The van der Waals surface area contributed by atoms with E-state index in [4.69, 9.17) is 0 Å². The molecule has 2 rings (SSSR count). The van der Waals surface area contributed by atoms with Crippen molar-refractivity contribution in [3.8, 4) is 5.88 Å². The number of pyridine rings is 1. The first kappa shape index (κ1) is 15.6. The van der Waals surface area contributed by atoms with Crippen LogP contribution < -0.4 is 4.74 Å². The van der Waals surface area contributed by atoms with Crippen LogP contribution in [0.5, 0.6) is 5.88 Å². The third-order valence-corrected chi connectivity index (χ3v) is 3.16. The van der Waals surface area contributed by atoms with E-state index in [1.54, 1.807) is 4.90 Å². The Kier molecular flexibility index (Phi) is 4.66. The second-order valence-corrected chi connectivity index (χ2v) is 4.88. The molecule has 0 radical (unpaired) electrons. The average molecular weight is 303 g/mol. The van der Waals surface area contributed by atoms with Crippen molar-refractivity contribution in [3.63, 3.8) is 0 Å². The maximum Gasteiger partial charge on any atom is 0.422 e. The number of alkyl halides is 3. The summed E-state index contributed by atoms with van der Waals surface area (Å²) in [5.41, 5.74) is 0.346. The van der Waals surface area contributed by atoms with Crippen molar-refractivity contribution in [3.05, 3.63) is 23.9 Å². The summed E-state index contributed by atoms with van der Waals surface area (Å²) in [5, 5.41) is 0. The molecule has 5 nitrogen and oxygen atoms in total. The second-order valence-electron chi connectivity index (χ2n) is 4.88. The molecule has 1 aliphatic heterocycles. The molecule has 1 aliphatic rings. The number of hydrogen-bond donors (Lipinski definition) is 0. The Balaban J connectivity index is 1.93. The van der Waals surface area contributed by atoms with Crippen LogP contribution in [0.1, 0.15) is 10.4 Å². The lowest BCUT2D eigenvalue weighted by molar-refractivity contribution is -0.154. The van der Waals surface area contributed by atoms with Gasteiger partial charge in [-0.3, -0.25) is 4.79 Å². The molecular weight excluding hydrogens is 287 g/mol. The minimum absolute atomic E-state index is 0.151. The number of ether oxygens (including phenoxy) is 1. The van der Waals surface area contributed by atoms with E-state index < -0.39 is 12.8 Å². The normalized spacial score (nSPS) is 16.9. The van der Waals surface area contributed by atoms with Gasteiger partial charge in [0.05, 0.1) is 5.56 Å². The molecule has 116 valence electrons. The van der Waals surface area contributed by atoms with Crippen molar-refractivity contribution in [2.75, 3.05) is 39.8 Å². The number of amides is 1. The van der Waals surface area contributed by atoms with Crippen LogP contribution in [-0.2, 0) is 0 Å². The largest absolute Gasteiger partial charge is 0.468 e. The first-order chi connectivity index (χ1) is 9.85. The van der Waals surface area contributed by atoms with Gasteiger partial charge in [-0.25, -0.2) is 4.98 Å². The summed E-state index contributed by atoms with van der Waals surface area (Å²) in [6.45, 7) is 1.45. The molecule has 1 fully saturated rings. The molecule has 0 N–H and O–H groups in total. The predicted octanol–water partition coefficient (Wildman–Crippen LogP) is 1.41. The standard InChI is InChI=1S/C13H16F3N3O2/c1-18-4-6-19(7-5-18)12(20)10-2-3-11(17-8-10)21-9-13(14,15)16/h2-3,8H,4-7,9H2,1H3. The maximum absolute atomic E-state index is 12.2. The molecule has 0 spiro atoms. The number of carbonyl (C=O) groups is 1. The average Bonchev–Trinajstić information content (AvgIpc) is 2.45. The lowest BCUT2D eigenvalue weighted by Crippen LogP contribution is -2.47. The van der Waals surface area contributed by atoms with Crippen LogP contribution in [0.3, 0.4) is 0 Å². The van der Waals surface area contributed by atoms with Gasteiger partial charge in [0.15, 0.2) is 6.61 Å². The van der Waals surface area contributed by atoms with Gasteiger partial charge in [-0.15, -0.1) is 0 Å². The van der Waals surface area contributed by atoms with Gasteiger partial charge in [0.2, 0.25) is 5.88 Å². The molecule has 0 atom stereocenters. The van der Waals surface area contributed by atoms with Gasteiger partial charge in [-0.1, -0.05) is 0 Å². The highest BCUT2D eigenvalue weighted by Gasteiger charge is 2.28. The van der Waals surface area contributed by atoms with Gasteiger partial charge in [0, 0.05) is 38.4 Å². The van der Waals surface area contributed by atoms with Crippen LogP contribution in [0.15, 0.2) is 18.3 Å². The first-order valence-corrected chi connectivity index (χ1v) is 6.48. The topological polar surface area (TPSA) is 45.7 Å². The number of nitrogens with zero attached hydrogens (tertiary/aromatic N) is 3. The quantitative estimate of drug-likeness (QED) is 0.847. The predicted molar refractivity (Wildman–Crippen MR) is 69.2 cm³/mol. The Morgan fingerprint density at radius 2 is 1.95 bits per heavy atom. The van der Waals surface area contributed by atoms with Crippen LogP contribution in [0, 0.1) is 0 Å². The molecule has 0 saturated carbocycles. The first-order valence-electron chi connectivity index (χ1n) is 6.48. The summed E-state index contributed by atoms with van der Waals surface area (Å²) in [5.74, 6) is -0.319. The summed E-state index contributed by atoms with van der Waals surface area (Å²) >= 11 is 0. The second kappa shape index (κ2) is 6.30. The Labute approximate surface area is 120 Å². The van der Waals surface area contributed by atoms with E-state index in [9.17, 15) is 18.0 Å². The molecule has 0 aromatic carbocycles. The van der Waals surface area contributed by atoms with Gasteiger partial charge in [-0.05, 0) is 13.1 Å². The van der Waals surface area contributed by atoms with Crippen molar-refractivity contribution in [1.29, 1.82) is 0 Å². The molecular formula is C13H16F3N3O2. The summed E-state index contributed by atoms with van der Waals surface area (Å²) in [4.78, 5) is 19.7. The van der Waals surface area contributed by atoms with E-state index in [1.165, 1.54) is 18.3 Å². The van der Waals surface area contributed by atoms with E-state index in [2.05, 4.69) is 14.6 Å².